The molecule has 0 spiro atoms. The Morgan fingerprint density at radius 2 is 2.00 bits per heavy atom. The van der Waals surface area contributed by atoms with Crippen molar-refractivity contribution in [1.82, 2.24) is 5.32 Å². The molecule has 2 N–H and O–H groups in total. The molecule has 0 atom stereocenters. The topological polar surface area (TPSA) is 84.9 Å². The number of carbonyl (C=O) groups is 2. The Hall–Kier alpha value is -2.08. The summed E-state index contributed by atoms with van der Waals surface area (Å²) < 4.78 is 11.0. The van der Waals surface area contributed by atoms with Crippen molar-refractivity contribution >= 4 is 11.9 Å². The van der Waals surface area contributed by atoms with Crippen molar-refractivity contribution in [3.8, 4) is 5.75 Å². The van der Waals surface area contributed by atoms with Crippen LogP contribution in [0, 0.1) is 0 Å². The molecule has 1 aliphatic rings. The number of ether oxygens (including phenoxy) is 2. The molecular weight excluding hydrogens is 310 g/mol. The molecule has 6 heteroatoms. The molecule has 0 heterocycles. The third kappa shape index (κ3) is 4.06. The maximum Gasteiger partial charge on any atom is 0.335 e. The number of carboxylic acid groups (broad SMARTS) is 1. The lowest BCUT2D eigenvalue weighted by atomic mass is 10.0. The van der Waals surface area contributed by atoms with Crippen LogP contribution in [0.4, 0.5) is 0 Å². The molecule has 1 aromatic rings. The lowest BCUT2D eigenvalue weighted by molar-refractivity contribution is -0.145. The van der Waals surface area contributed by atoms with Crippen LogP contribution >= 0.6 is 0 Å². The van der Waals surface area contributed by atoms with Crippen molar-refractivity contribution in [1.29, 1.82) is 0 Å². The van der Waals surface area contributed by atoms with E-state index in [0.717, 1.165) is 31.2 Å². The SMILES string of the molecule is CCOC1(C(=O)NCCc2ccc(C(=O)O)cc2OC)CCCC1. The number of rotatable bonds is 8. The van der Waals surface area contributed by atoms with Gasteiger partial charge in [0.2, 0.25) is 0 Å². The van der Waals surface area contributed by atoms with E-state index in [1.807, 2.05) is 6.92 Å². The number of hydrogen-bond acceptors (Lipinski definition) is 4. The predicted octanol–water partition coefficient (Wildman–Crippen LogP) is 2.40. The first-order valence-corrected chi connectivity index (χ1v) is 8.35. The summed E-state index contributed by atoms with van der Waals surface area (Å²) in [4.78, 5) is 23.5. The molecule has 0 saturated heterocycles. The van der Waals surface area contributed by atoms with E-state index in [0.29, 0.717) is 25.3 Å². The largest absolute Gasteiger partial charge is 0.496 e. The summed E-state index contributed by atoms with van der Waals surface area (Å²) in [6.07, 6.45) is 4.12. The Balaban J connectivity index is 1.96. The van der Waals surface area contributed by atoms with Crippen LogP contribution in [-0.4, -0.2) is 42.8 Å². The van der Waals surface area contributed by atoms with Gasteiger partial charge < -0.3 is 19.9 Å². The zero-order chi connectivity index (χ0) is 17.6. The van der Waals surface area contributed by atoms with Gasteiger partial charge in [-0.1, -0.05) is 6.07 Å². The molecule has 0 bridgehead atoms. The molecule has 1 aromatic carbocycles. The summed E-state index contributed by atoms with van der Waals surface area (Å²) in [5.74, 6) is -0.527. The fourth-order valence-electron chi connectivity index (χ4n) is 3.22. The molecule has 132 valence electrons. The van der Waals surface area contributed by atoms with Gasteiger partial charge in [0, 0.05) is 13.2 Å². The van der Waals surface area contributed by atoms with Crippen molar-refractivity contribution in [3.63, 3.8) is 0 Å². The van der Waals surface area contributed by atoms with Crippen LogP contribution in [0.5, 0.6) is 5.75 Å². The van der Waals surface area contributed by atoms with E-state index in [4.69, 9.17) is 14.6 Å². The highest BCUT2D eigenvalue weighted by atomic mass is 16.5. The Bertz CT molecular complexity index is 593. The van der Waals surface area contributed by atoms with Crippen LogP contribution < -0.4 is 10.1 Å². The van der Waals surface area contributed by atoms with Gasteiger partial charge in [-0.05, 0) is 56.7 Å². The van der Waals surface area contributed by atoms with Gasteiger partial charge in [0.1, 0.15) is 11.4 Å². The monoisotopic (exact) mass is 335 g/mol. The molecule has 0 aromatic heterocycles. The number of hydrogen-bond donors (Lipinski definition) is 2. The smallest absolute Gasteiger partial charge is 0.335 e. The van der Waals surface area contributed by atoms with E-state index in [9.17, 15) is 9.59 Å². The summed E-state index contributed by atoms with van der Waals surface area (Å²) in [6.45, 7) is 2.89. The van der Waals surface area contributed by atoms with Gasteiger partial charge in [-0.2, -0.15) is 0 Å². The minimum Gasteiger partial charge on any atom is -0.496 e. The minimum atomic E-state index is -0.993. The van der Waals surface area contributed by atoms with E-state index in [1.54, 1.807) is 12.1 Å². The number of amides is 1. The maximum absolute atomic E-state index is 12.5. The number of benzene rings is 1. The van der Waals surface area contributed by atoms with Crippen LogP contribution in [0.15, 0.2) is 18.2 Å². The normalized spacial score (nSPS) is 15.9. The highest BCUT2D eigenvalue weighted by molar-refractivity contribution is 5.88. The summed E-state index contributed by atoms with van der Waals surface area (Å²) in [5, 5.41) is 12.0. The van der Waals surface area contributed by atoms with Gasteiger partial charge in [0.25, 0.3) is 5.91 Å². The highest BCUT2D eigenvalue weighted by Gasteiger charge is 2.41. The van der Waals surface area contributed by atoms with Crippen LogP contribution in [0.2, 0.25) is 0 Å². The number of aromatic carboxylic acids is 1. The molecule has 0 aliphatic heterocycles. The van der Waals surface area contributed by atoms with Gasteiger partial charge in [-0.25, -0.2) is 4.79 Å². The standard InChI is InChI=1S/C18H25NO5/c1-3-24-18(9-4-5-10-18)17(22)19-11-8-13-6-7-14(16(20)21)12-15(13)23-2/h6-7,12H,3-5,8-11H2,1-2H3,(H,19,22)(H,20,21). The van der Waals surface area contributed by atoms with E-state index >= 15 is 0 Å². The summed E-state index contributed by atoms with van der Waals surface area (Å²) in [7, 11) is 1.51. The first kappa shape index (κ1) is 18.3. The van der Waals surface area contributed by atoms with Gasteiger partial charge in [0.05, 0.1) is 12.7 Å². The van der Waals surface area contributed by atoms with Gasteiger partial charge in [-0.3, -0.25) is 4.79 Å². The summed E-state index contributed by atoms with van der Waals surface area (Å²) >= 11 is 0. The van der Waals surface area contributed by atoms with E-state index < -0.39 is 11.6 Å². The number of carboxylic acids is 1. The fourth-order valence-corrected chi connectivity index (χ4v) is 3.22. The van der Waals surface area contributed by atoms with Crippen molar-refractivity contribution in [2.45, 2.75) is 44.6 Å². The zero-order valence-electron chi connectivity index (χ0n) is 14.3. The molecule has 1 amide bonds. The number of nitrogens with one attached hydrogen (secondary N) is 1. The first-order valence-electron chi connectivity index (χ1n) is 8.35. The molecule has 24 heavy (non-hydrogen) atoms. The van der Waals surface area contributed by atoms with Crippen molar-refractivity contribution in [2.75, 3.05) is 20.3 Å². The Kier molecular flexibility index (Phi) is 6.20. The third-order valence-corrected chi connectivity index (χ3v) is 4.46. The van der Waals surface area contributed by atoms with Crippen LogP contribution in [0.25, 0.3) is 0 Å². The minimum absolute atomic E-state index is 0.0528. The molecule has 6 nitrogen and oxygen atoms in total. The second-order valence-electron chi connectivity index (χ2n) is 5.97. The number of methoxy groups -OCH3 is 1. The average molecular weight is 335 g/mol. The molecule has 1 fully saturated rings. The van der Waals surface area contributed by atoms with Crippen LogP contribution in [0.3, 0.4) is 0 Å². The predicted molar refractivity (Wildman–Crippen MR) is 89.5 cm³/mol. The molecular formula is C18H25NO5. The van der Waals surface area contributed by atoms with Gasteiger partial charge in [0.15, 0.2) is 0 Å². The molecule has 0 radical (unpaired) electrons. The molecule has 0 unspecified atom stereocenters. The summed E-state index contributed by atoms with van der Waals surface area (Å²) in [5.41, 5.74) is 0.368. The summed E-state index contributed by atoms with van der Waals surface area (Å²) in [6, 6.07) is 4.77. The lowest BCUT2D eigenvalue weighted by Gasteiger charge is -2.27. The second-order valence-corrected chi connectivity index (χ2v) is 5.97. The van der Waals surface area contributed by atoms with Gasteiger partial charge in [-0.15, -0.1) is 0 Å². The van der Waals surface area contributed by atoms with Gasteiger partial charge >= 0.3 is 5.97 Å². The Morgan fingerprint density at radius 3 is 2.58 bits per heavy atom. The first-order chi connectivity index (χ1) is 11.5. The Labute approximate surface area is 142 Å². The Morgan fingerprint density at radius 1 is 1.29 bits per heavy atom. The van der Waals surface area contributed by atoms with E-state index in [2.05, 4.69) is 5.32 Å². The van der Waals surface area contributed by atoms with Crippen molar-refractivity contribution in [2.24, 2.45) is 0 Å². The lowest BCUT2D eigenvalue weighted by Crippen LogP contribution is -2.47. The fraction of sp³-hybridized carbons (Fsp3) is 0.556. The number of carbonyl (C=O) groups excluding carboxylic acids is 1. The zero-order valence-corrected chi connectivity index (χ0v) is 14.3. The second kappa shape index (κ2) is 8.15. The average Bonchev–Trinajstić information content (AvgIpc) is 3.05. The van der Waals surface area contributed by atoms with Crippen molar-refractivity contribution in [3.05, 3.63) is 29.3 Å². The molecule has 1 aliphatic carbocycles. The maximum atomic E-state index is 12.5. The molecule has 1 saturated carbocycles. The van der Waals surface area contributed by atoms with Crippen molar-refractivity contribution < 1.29 is 24.2 Å². The van der Waals surface area contributed by atoms with Crippen LogP contribution in [0.1, 0.15) is 48.5 Å². The highest BCUT2D eigenvalue weighted by Crippen LogP contribution is 2.33. The van der Waals surface area contributed by atoms with E-state index in [1.165, 1.54) is 13.2 Å². The molecule has 2 rings (SSSR count). The van der Waals surface area contributed by atoms with Crippen LogP contribution in [-0.2, 0) is 16.0 Å². The van der Waals surface area contributed by atoms with E-state index in [-0.39, 0.29) is 11.5 Å². The quantitative estimate of drug-likeness (QED) is 0.762. The third-order valence-electron chi connectivity index (χ3n) is 4.46.